The van der Waals surface area contributed by atoms with Gasteiger partial charge in [0.05, 0.1) is 19.6 Å². The number of nitrogens with zero attached hydrogens (tertiary/aromatic N) is 1. The van der Waals surface area contributed by atoms with Crippen LogP contribution < -0.4 is 10.1 Å². The fourth-order valence-corrected chi connectivity index (χ4v) is 3.54. The number of aliphatic carboxylic acids is 1. The van der Waals surface area contributed by atoms with Crippen molar-refractivity contribution in [2.75, 3.05) is 26.3 Å². The lowest BCUT2D eigenvalue weighted by molar-refractivity contribution is -0.143. The summed E-state index contributed by atoms with van der Waals surface area (Å²) in [5.74, 6) is -8.83. The Bertz CT molecular complexity index is 1170. The van der Waals surface area contributed by atoms with Crippen LogP contribution in [0.3, 0.4) is 0 Å². The first-order valence-corrected chi connectivity index (χ1v) is 11.5. The maximum atomic E-state index is 14.1. The van der Waals surface area contributed by atoms with Crippen molar-refractivity contribution in [3.8, 4) is 5.75 Å². The molecule has 0 spiro atoms. The Morgan fingerprint density at radius 1 is 1.16 bits per heavy atom. The number of Topliss-reactive ketones (excluding diaryl/α,β-unsaturated/α-hetero) is 1. The number of carbonyl (C=O) groups excluding carboxylic acids is 3. The zero-order chi connectivity index (χ0) is 27.8. The molecule has 0 bridgehead atoms. The molecule has 204 valence electrons. The van der Waals surface area contributed by atoms with Crippen LogP contribution in [0.5, 0.6) is 5.75 Å². The summed E-state index contributed by atoms with van der Waals surface area (Å²) in [7, 11) is 0. The summed E-state index contributed by atoms with van der Waals surface area (Å²) < 4.78 is 57.1. The molecule has 2 N–H and O–H groups in total. The number of carboxylic acids is 1. The molecule has 10 nitrogen and oxygen atoms in total. The van der Waals surface area contributed by atoms with Gasteiger partial charge in [-0.2, -0.15) is 4.39 Å². The lowest BCUT2D eigenvalue weighted by Gasteiger charge is -2.32. The van der Waals surface area contributed by atoms with Crippen LogP contribution in [0.1, 0.15) is 17.5 Å². The molecule has 2 aromatic carbocycles. The summed E-state index contributed by atoms with van der Waals surface area (Å²) >= 11 is 0. The van der Waals surface area contributed by atoms with Crippen molar-refractivity contribution in [1.29, 1.82) is 0 Å². The van der Waals surface area contributed by atoms with Crippen LogP contribution >= 0.6 is 0 Å². The van der Waals surface area contributed by atoms with Gasteiger partial charge in [0.25, 0.3) is 5.91 Å². The summed E-state index contributed by atoms with van der Waals surface area (Å²) in [6, 6.07) is 7.86. The molecule has 1 unspecified atom stereocenters. The molecule has 2 amide bonds. The van der Waals surface area contributed by atoms with E-state index in [4.69, 9.17) is 19.3 Å². The molecule has 1 heterocycles. The number of hydrogen-bond acceptors (Lipinski definition) is 7. The van der Waals surface area contributed by atoms with E-state index in [1.54, 1.807) is 24.3 Å². The quantitative estimate of drug-likeness (QED) is 0.441. The third-order valence-electron chi connectivity index (χ3n) is 5.56. The Kier molecular flexibility index (Phi) is 9.66. The van der Waals surface area contributed by atoms with Crippen molar-refractivity contribution < 1.29 is 51.7 Å². The van der Waals surface area contributed by atoms with Crippen LogP contribution in [0.25, 0.3) is 0 Å². The molecule has 38 heavy (non-hydrogen) atoms. The molecule has 0 aromatic heterocycles. The number of rotatable bonds is 10. The lowest BCUT2D eigenvalue weighted by Crippen LogP contribution is -2.55. The molecule has 1 saturated heterocycles. The number of carboxylic acid groups (broad SMARTS) is 1. The highest BCUT2D eigenvalue weighted by Gasteiger charge is 2.33. The lowest BCUT2D eigenvalue weighted by atomic mass is 10.1. The van der Waals surface area contributed by atoms with Crippen molar-refractivity contribution >= 4 is 23.8 Å². The fourth-order valence-electron chi connectivity index (χ4n) is 3.54. The van der Waals surface area contributed by atoms with Crippen LogP contribution in [0, 0.1) is 24.4 Å². The van der Waals surface area contributed by atoms with E-state index in [1.165, 1.54) is 4.90 Å². The zero-order valence-corrected chi connectivity index (χ0v) is 20.2. The van der Waals surface area contributed by atoms with Crippen molar-refractivity contribution in [3.05, 3.63) is 65.0 Å². The summed E-state index contributed by atoms with van der Waals surface area (Å²) in [6.07, 6.45) is -2.83. The van der Waals surface area contributed by atoms with Gasteiger partial charge >= 0.3 is 12.1 Å². The van der Waals surface area contributed by atoms with Crippen LogP contribution in [0.15, 0.2) is 36.4 Å². The molecule has 2 aromatic rings. The predicted octanol–water partition coefficient (Wildman–Crippen LogP) is 2.36. The number of ether oxygens (including phenoxy) is 3. The molecule has 2 atom stereocenters. The standard InChI is InChI=1S/C25H25F3N2O8/c1-14-9-16(26)22(28)23(21(14)27)37-13-18(31)17(10-20(32)33)29-24(34)19-11-30(7-8-36-19)25(35)38-12-15-5-3-2-4-6-15/h2-6,9,17,19H,7-8,10-13H2,1H3,(H,29,34)(H,32,33)/t17-,19?/m0/s1. The summed E-state index contributed by atoms with van der Waals surface area (Å²) in [4.78, 5) is 50.2. The Hall–Kier alpha value is -4.13. The monoisotopic (exact) mass is 538 g/mol. The van der Waals surface area contributed by atoms with Gasteiger partial charge in [0.2, 0.25) is 5.82 Å². The van der Waals surface area contributed by atoms with E-state index in [9.17, 15) is 32.3 Å². The molecular formula is C25H25F3N2O8. The van der Waals surface area contributed by atoms with E-state index in [-0.39, 0.29) is 31.9 Å². The fraction of sp³-hybridized carbons (Fsp3) is 0.360. The second kappa shape index (κ2) is 12.9. The molecule has 3 rings (SSSR count). The van der Waals surface area contributed by atoms with Gasteiger partial charge in [0.15, 0.2) is 29.3 Å². The zero-order valence-electron chi connectivity index (χ0n) is 20.2. The minimum absolute atomic E-state index is 0.00904. The number of amides is 2. The van der Waals surface area contributed by atoms with Gasteiger partial charge in [-0.3, -0.25) is 14.4 Å². The number of halogens is 3. The van der Waals surface area contributed by atoms with Gasteiger partial charge in [0, 0.05) is 6.54 Å². The van der Waals surface area contributed by atoms with E-state index in [0.29, 0.717) is 6.07 Å². The van der Waals surface area contributed by atoms with E-state index < -0.39 is 72.1 Å². The van der Waals surface area contributed by atoms with Crippen molar-refractivity contribution in [3.63, 3.8) is 0 Å². The minimum Gasteiger partial charge on any atom is -0.481 e. The average molecular weight is 538 g/mol. The van der Waals surface area contributed by atoms with Gasteiger partial charge in [0.1, 0.15) is 19.3 Å². The number of morpholine rings is 1. The normalized spacial score (nSPS) is 15.9. The van der Waals surface area contributed by atoms with E-state index in [1.807, 2.05) is 6.07 Å². The Labute approximate surface area is 215 Å². The first kappa shape index (κ1) is 28.4. The summed E-state index contributed by atoms with van der Waals surface area (Å²) in [5, 5.41) is 11.4. The van der Waals surface area contributed by atoms with Crippen molar-refractivity contribution in [2.45, 2.75) is 32.1 Å². The van der Waals surface area contributed by atoms with Gasteiger partial charge in [-0.1, -0.05) is 30.3 Å². The first-order valence-electron chi connectivity index (χ1n) is 11.5. The van der Waals surface area contributed by atoms with Crippen LogP contribution in [-0.4, -0.2) is 72.2 Å². The van der Waals surface area contributed by atoms with E-state index in [2.05, 4.69) is 5.32 Å². The van der Waals surface area contributed by atoms with Crippen LogP contribution in [0.2, 0.25) is 0 Å². The molecule has 1 fully saturated rings. The van der Waals surface area contributed by atoms with Gasteiger partial charge in [-0.25, -0.2) is 13.6 Å². The third-order valence-corrected chi connectivity index (χ3v) is 5.56. The number of carbonyl (C=O) groups is 4. The third kappa shape index (κ3) is 7.44. The van der Waals surface area contributed by atoms with Gasteiger partial charge < -0.3 is 29.5 Å². The molecule has 0 radical (unpaired) electrons. The number of ketones is 1. The number of aryl methyl sites for hydroxylation is 1. The number of hydrogen-bond donors (Lipinski definition) is 2. The Balaban J connectivity index is 1.60. The molecule has 13 heteroatoms. The van der Waals surface area contributed by atoms with E-state index in [0.717, 1.165) is 12.5 Å². The molecule has 1 aliphatic rings. The van der Waals surface area contributed by atoms with Gasteiger partial charge in [-0.05, 0) is 24.1 Å². The predicted molar refractivity (Wildman–Crippen MR) is 124 cm³/mol. The molecule has 0 aliphatic carbocycles. The second-order valence-corrected chi connectivity index (χ2v) is 8.39. The molecule has 1 aliphatic heterocycles. The molecular weight excluding hydrogens is 513 g/mol. The minimum atomic E-state index is -1.66. The first-order chi connectivity index (χ1) is 18.1. The molecule has 0 saturated carbocycles. The van der Waals surface area contributed by atoms with Crippen LogP contribution in [-0.2, 0) is 30.5 Å². The largest absolute Gasteiger partial charge is 0.481 e. The average Bonchev–Trinajstić information content (AvgIpc) is 2.90. The van der Waals surface area contributed by atoms with E-state index >= 15 is 0 Å². The summed E-state index contributed by atoms with van der Waals surface area (Å²) in [6.45, 7) is -0.0229. The van der Waals surface area contributed by atoms with Crippen molar-refractivity contribution in [1.82, 2.24) is 10.2 Å². The number of benzene rings is 2. The van der Waals surface area contributed by atoms with Gasteiger partial charge in [-0.15, -0.1) is 0 Å². The van der Waals surface area contributed by atoms with Crippen LogP contribution in [0.4, 0.5) is 18.0 Å². The smallest absolute Gasteiger partial charge is 0.410 e. The highest BCUT2D eigenvalue weighted by molar-refractivity contribution is 5.94. The number of nitrogens with one attached hydrogen (secondary N) is 1. The summed E-state index contributed by atoms with van der Waals surface area (Å²) in [5.41, 5.74) is 0.483. The maximum Gasteiger partial charge on any atom is 0.410 e. The Morgan fingerprint density at radius 2 is 1.87 bits per heavy atom. The highest BCUT2D eigenvalue weighted by Crippen LogP contribution is 2.27. The Morgan fingerprint density at radius 3 is 2.55 bits per heavy atom. The topological polar surface area (TPSA) is 131 Å². The second-order valence-electron chi connectivity index (χ2n) is 8.39. The highest BCUT2D eigenvalue weighted by atomic mass is 19.2. The SMILES string of the molecule is Cc1cc(F)c(F)c(OCC(=O)[C@H](CC(=O)O)NC(=O)C2CN(C(=O)OCc3ccccc3)CCO2)c1F. The van der Waals surface area contributed by atoms with Crippen molar-refractivity contribution in [2.24, 2.45) is 0 Å². The maximum absolute atomic E-state index is 14.1.